The molecule has 1 aliphatic heterocycles. The van der Waals surface area contributed by atoms with Gasteiger partial charge in [-0.25, -0.2) is 0 Å². The van der Waals surface area contributed by atoms with E-state index in [1.807, 2.05) is 64.1 Å². The van der Waals surface area contributed by atoms with Crippen LogP contribution in [0.5, 0.6) is 0 Å². The Morgan fingerprint density at radius 1 is 1.02 bits per heavy atom. The van der Waals surface area contributed by atoms with Gasteiger partial charge in [0.25, 0.3) is 0 Å². The molecule has 0 bridgehead atoms. The van der Waals surface area contributed by atoms with Crippen LogP contribution < -0.4 is 10.6 Å². The number of allylic oxidation sites excluding steroid dienone is 3. The summed E-state index contributed by atoms with van der Waals surface area (Å²) in [6, 6.07) is 17.2. The zero-order chi connectivity index (χ0) is 32.1. The summed E-state index contributed by atoms with van der Waals surface area (Å²) < 4.78 is 43.0. The van der Waals surface area contributed by atoms with E-state index in [1.54, 1.807) is 11.8 Å². The van der Waals surface area contributed by atoms with E-state index in [2.05, 4.69) is 6.07 Å². The fourth-order valence-corrected chi connectivity index (χ4v) is 7.36. The summed E-state index contributed by atoms with van der Waals surface area (Å²) in [6.07, 6.45) is -4.29. The first-order chi connectivity index (χ1) is 20.6. The fourth-order valence-electron chi connectivity index (χ4n) is 6.10. The molecule has 3 aromatic rings. The number of nitriles is 1. The Hall–Kier alpha value is -3.38. The van der Waals surface area contributed by atoms with Gasteiger partial charge in [-0.1, -0.05) is 49.2 Å². The van der Waals surface area contributed by atoms with Crippen LogP contribution in [0.25, 0.3) is 0 Å². The maximum absolute atomic E-state index is 14.3. The molecule has 0 fully saturated rings. The quantitative estimate of drug-likeness (QED) is 0.277. The molecule has 2 N–H and O–H groups in total. The number of carbonyl (C=O) groups is 1. The molecule has 2 aliphatic rings. The molecule has 10 heteroatoms. The summed E-state index contributed by atoms with van der Waals surface area (Å²) in [4.78, 5) is 16.3. The second-order valence-electron chi connectivity index (χ2n) is 12.0. The lowest BCUT2D eigenvalue weighted by Crippen LogP contribution is -2.42. The van der Waals surface area contributed by atoms with Gasteiger partial charge in [-0.2, -0.15) is 18.4 Å². The van der Waals surface area contributed by atoms with Gasteiger partial charge in [-0.15, -0.1) is 11.8 Å². The third kappa shape index (κ3) is 6.10. The molecule has 0 radical (unpaired) electrons. The molecule has 0 aromatic heterocycles. The van der Waals surface area contributed by atoms with E-state index < -0.39 is 23.1 Å². The second kappa shape index (κ2) is 11.8. The molecule has 1 aliphatic carbocycles. The number of hydrogen-bond donors (Lipinski definition) is 1. The number of ketones is 1. The van der Waals surface area contributed by atoms with Crippen molar-refractivity contribution in [2.75, 3.05) is 4.90 Å². The van der Waals surface area contributed by atoms with Gasteiger partial charge in [0, 0.05) is 38.4 Å². The lowest BCUT2D eigenvalue weighted by molar-refractivity contribution is -0.137. The second-order valence-corrected chi connectivity index (χ2v) is 13.9. The van der Waals surface area contributed by atoms with E-state index in [9.17, 15) is 23.2 Å². The maximum Gasteiger partial charge on any atom is 0.418 e. The maximum atomic E-state index is 14.3. The molecule has 1 unspecified atom stereocenters. The minimum atomic E-state index is -4.76. The van der Waals surface area contributed by atoms with Crippen molar-refractivity contribution in [3.63, 3.8) is 0 Å². The molecule has 1 atom stereocenters. The van der Waals surface area contributed by atoms with Gasteiger partial charge in [-0.05, 0) is 90.4 Å². The highest BCUT2D eigenvalue weighted by Crippen LogP contribution is 2.52. The number of benzene rings is 3. The number of halogens is 5. The van der Waals surface area contributed by atoms with Crippen LogP contribution in [-0.2, 0) is 16.7 Å². The highest BCUT2D eigenvalue weighted by atomic mass is 35.5. The van der Waals surface area contributed by atoms with Crippen molar-refractivity contribution >= 4 is 46.4 Å². The van der Waals surface area contributed by atoms with Crippen molar-refractivity contribution in [1.82, 2.24) is 0 Å². The summed E-state index contributed by atoms with van der Waals surface area (Å²) in [5, 5.41) is 11.0. The first-order valence-electron chi connectivity index (χ1n) is 13.9. The number of nitrogens with two attached hydrogens (primary N) is 1. The van der Waals surface area contributed by atoms with Crippen LogP contribution in [0.4, 0.5) is 18.9 Å². The summed E-state index contributed by atoms with van der Waals surface area (Å²) >= 11 is 13.7. The summed E-state index contributed by atoms with van der Waals surface area (Å²) in [5.74, 6) is -0.554. The summed E-state index contributed by atoms with van der Waals surface area (Å²) in [5.41, 5.74) is 9.20. The summed E-state index contributed by atoms with van der Waals surface area (Å²) in [7, 11) is 0. The van der Waals surface area contributed by atoms with E-state index in [4.69, 9.17) is 28.9 Å². The molecule has 0 saturated heterocycles. The zero-order valence-corrected chi connectivity index (χ0v) is 26.9. The van der Waals surface area contributed by atoms with Crippen LogP contribution in [0.2, 0.25) is 10.0 Å². The lowest BCUT2D eigenvalue weighted by atomic mass is 9.68. The average Bonchev–Trinajstić information content (AvgIpc) is 2.92. The molecule has 4 nitrogen and oxygen atoms in total. The van der Waals surface area contributed by atoms with Gasteiger partial charge >= 0.3 is 6.18 Å². The number of hydrogen-bond acceptors (Lipinski definition) is 5. The van der Waals surface area contributed by atoms with Crippen LogP contribution in [0.15, 0.2) is 82.2 Å². The topological polar surface area (TPSA) is 70.1 Å². The minimum absolute atomic E-state index is 0.0307. The predicted octanol–water partition coefficient (Wildman–Crippen LogP) is 9.86. The van der Waals surface area contributed by atoms with Crippen molar-refractivity contribution < 1.29 is 18.0 Å². The Morgan fingerprint density at radius 2 is 1.68 bits per heavy atom. The van der Waals surface area contributed by atoms with Crippen molar-refractivity contribution in [2.45, 2.75) is 63.3 Å². The molecule has 5 rings (SSSR count). The monoisotopic (exact) mass is 655 g/mol. The molecule has 0 spiro atoms. The Kier molecular flexibility index (Phi) is 8.62. The van der Waals surface area contributed by atoms with Crippen LogP contribution in [0.3, 0.4) is 0 Å². The van der Waals surface area contributed by atoms with E-state index in [1.165, 1.54) is 17.0 Å². The van der Waals surface area contributed by atoms with Crippen molar-refractivity contribution in [1.29, 1.82) is 5.26 Å². The van der Waals surface area contributed by atoms with Crippen LogP contribution >= 0.6 is 35.0 Å². The van der Waals surface area contributed by atoms with Crippen LogP contribution in [0, 0.1) is 30.6 Å². The van der Waals surface area contributed by atoms with Crippen molar-refractivity contribution in [3.8, 4) is 6.07 Å². The molecule has 44 heavy (non-hydrogen) atoms. The zero-order valence-electron chi connectivity index (χ0n) is 24.6. The van der Waals surface area contributed by atoms with Gasteiger partial charge in [0.05, 0.1) is 28.8 Å². The number of nitrogens with zero attached hydrogens (tertiary/aromatic N) is 2. The van der Waals surface area contributed by atoms with Crippen molar-refractivity contribution in [3.05, 3.63) is 115 Å². The first kappa shape index (κ1) is 32.0. The normalized spacial score (nSPS) is 18.4. The number of carbonyl (C=O) groups excluding carboxylic acids is 1. The molecule has 228 valence electrons. The minimum Gasteiger partial charge on any atom is -0.384 e. The number of aryl methyl sites for hydroxylation is 2. The molecule has 1 heterocycles. The fraction of sp³-hybridized carbons (Fsp3) is 0.294. The van der Waals surface area contributed by atoms with Gasteiger partial charge in [0.2, 0.25) is 0 Å². The Labute approximate surface area is 269 Å². The molecule has 0 saturated carbocycles. The van der Waals surface area contributed by atoms with E-state index >= 15 is 0 Å². The van der Waals surface area contributed by atoms with Gasteiger partial charge in [-0.3, -0.25) is 9.69 Å². The summed E-state index contributed by atoms with van der Waals surface area (Å²) in [6.45, 7) is 7.72. The number of Topliss-reactive ketones (excluding diaryl/α,β-unsaturated/α-hetero) is 1. The van der Waals surface area contributed by atoms with Crippen molar-refractivity contribution in [2.24, 2.45) is 11.1 Å². The van der Waals surface area contributed by atoms with Gasteiger partial charge < -0.3 is 5.73 Å². The van der Waals surface area contributed by atoms with Gasteiger partial charge in [0.1, 0.15) is 5.82 Å². The molecular formula is C34H30Cl2F3N3OS. The highest BCUT2D eigenvalue weighted by Gasteiger charge is 2.47. The molecule has 3 aromatic carbocycles. The van der Waals surface area contributed by atoms with E-state index in [0.29, 0.717) is 22.0 Å². The Bertz CT molecular complexity index is 1770. The van der Waals surface area contributed by atoms with Gasteiger partial charge in [0.15, 0.2) is 5.78 Å². The standard InChI is InChI=1S/C34H30Cl2F3N3OS/c1-18-11-19(2)24(12-20(18)17-44-23-8-5-21(35)6-9-23)30-25(16-40)32(41)42(28-14-33(3,4)15-29(43)31(28)30)27-10-7-22(36)13-26(27)34(37,38)39/h5-13,30H,14-15,17,41H2,1-4H3. The largest absolute Gasteiger partial charge is 0.418 e. The Morgan fingerprint density at radius 3 is 2.32 bits per heavy atom. The molecule has 0 amide bonds. The first-order valence-corrected chi connectivity index (χ1v) is 15.7. The number of anilines is 1. The van der Waals surface area contributed by atoms with Crippen LogP contribution in [0.1, 0.15) is 60.4 Å². The van der Waals surface area contributed by atoms with E-state index in [0.717, 1.165) is 33.2 Å². The number of thioether (sulfide) groups is 1. The third-order valence-corrected chi connectivity index (χ3v) is 9.68. The number of rotatable bonds is 5. The van der Waals surface area contributed by atoms with E-state index in [-0.39, 0.29) is 40.7 Å². The predicted molar refractivity (Wildman–Crippen MR) is 170 cm³/mol. The SMILES string of the molecule is Cc1cc(C)c(C2C(C#N)=C(N)N(c3ccc(Cl)cc3C(F)(F)F)C3=C2C(=O)CC(C)(C)C3)cc1CSc1ccc(Cl)cc1. The smallest absolute Gasteiger partial charge is 0.384 e. The average molecular weight is 657 g/mol. The third-order valence-electron chi connectivity index (χ3n) is 8.13. The highest BCUT2D eigenvalue weighted by molar-refractivity contribution is 7.98. The Balaban J connectivity index is 1.71. The number of alkyl halides is 3. The lowest BCUT2D eigenvalue weighted by Gasteiger charge is -2.44. The van der Waals surface area contributed by atoms with Crippen LogP contribution in [-0.4, -0.2) is 5.78 Å². The molecular weight excluding hydrogens is 626 g/mol.